The molecule has 0 heterocycles. The first kappa shape index (κ1) is 14.1. The molecule has 0 fully saturated rings. The number of rotatable bonds is 3. The molecule has 0 atom stereocenters. The van der Waals surface area contributed by atoms with Gasteiger partial charge in [-0.25, -0.2) is 8.42 Å². The molecule has 5 heteroatoms. The highest BCUT2D eigenvalue weighted by Crippen LogP contribution is 2.21. The van der Waals surface area contributed by atoms with E-state index < -0.39 is 10.0 Å². The van der Waals surface area contributed by atoms with Crippen LogP contribution < -0.4 is 4.72 Å². The van der Waals surface area contributed by atoms with Gasteiger partial charge in [0.15, 0.2) is 0 Å². The SMILES string of the molecule is N#Cc1cccc(NS(=O)(=O)c2ccc3ccccc3c2)c1. The molecule has 3 aromatic carbocycles. The van der Waals surface area contributed by atoms with E-state index in [0.29, 0.717) is 11.3 Å². The Morgan fingerprint density at radius 2 is 1.64 bits per heavy atom. The molecule has 0 saturated carbocycles. The summed E-state index contributed by atoms with van der Waals surface area (Å²) in [6, 6.07) is 20.9. The minimum absolute atomic E-state index is 0.188. The predicted octanol–water partition coefficient (Wildman–Crippen LogP) is 3.51. The number of anilines is 1. The maximum absolute atomic E-state index is 12.5. The van der Waals surface area contributed by atoms with Gasteiger partial charge in [-0.3, -0.25) is 4.72 Å². The van der Waals surface area contributed by atoms with Gasteiger partial charge in [-0.1, -0.05) is 36.4 Å². The fourth-order valence-corrected chi connectivity index (χ4v) is 3.29. The average Bonchev–Trinajstić information content (AvgIpc) is 2.54. The Balaban J connectivity index is 1.99. The molecule has 1 N–H and O–H groups in total. The molecule has 0 aliphatic rings. The first-order valence-electron chi connectivity index (χ1n) is 6.60. The molecule has 0 saturated heterocycles. The highest BCUT2D eigenvalue weighted by atomic mass is 32.2. The van der Waals surface area contributed by atoms with Crippen molar-refractivity contribution in [2.75, 3.05) is 4.72 Å². The molecule has 0 bridgehead atoms. The summed E-state index contributed by atoms with van der Waals surface area (Å²) in [6.07, 6.45) is 0. The Labute approximate surface area is 128 Å². The van der Waals surface area contributed by atoms with Crippen LogP contribution in [0, 0.1) is 11.3 Å². The summed E-state index contributed by atoms with van der Waals surface area (Å²) in [4.78, 5) is 0.188. The molecule has 4 nitrogen and oxygen atoms in total. The third-order valence-corrected chi connectivity index (χ3v) is 4.65. The van der Waals surface area contributed by atoms with Crippen molar-refractivity contribution in [1.29, 1.82) is 5.26 Å². The van der Waals surface area contributed by atoms with Crippen LogP contribution in [0.5, 0.6) is 0 Å². The summed E-state index contributed by atoms with van der Waals surface area (Å²) in [7, 11) is -3.69. The van der Waals surface area contributed by atoms with Crippen molar-refractivity contribution >= 4 is 26.5 Å². The molecule has 3 aromatic rings. The van der Waals surface area contributed by atoms with E-state index in [1.165, 1.54) is 6.07 Å². The first-order chi connectivity index (χ1) is 10.6. The molecule has 108 valence electrons. The van der Waals surface area contributed by atoms with Gasteiger partial charge in [0, 0.05) is 0 Å². The average molecular weight is 308 g/mol. The quantitative estimate of drug-likeness (QED) is 0.805. The Kier molecular flexibility index (Phi) is 3.53. The summed E-state index contributed by atoms with van der Waals surface area (Å²) >= 11 is 0. The van der Waals surface area contributed by atoms with Gasteiger partial charge in [0.25, 0.3) is 10.0 Å². The third-order valence-electron chi connectivity index (χ3n) is 3.28. The van der Waals surface area contributed by atoms with Gasteiger partial charge in [0.2, 0.25) is 0 Å². The van der Waals surface area contributed by atoms with Crippen molar-refractivity contribution < 1.29 is 8.42 Å². The standard InChI is InChI=1S/C17H12N2O2S/c18-12-13-4-3-7-16(10-13)19-22(20,21)17-9-8-14-5-1-2-6-15(14)11-17/h1-11,19H. The van der Waals surface area contributed by atoms with Crippen LogP contribution in [0.25, 0.3) is 10.8 Å². The highest BCUT2D eigenvalue weighted by molar-refractivity contribution is 7.92. The third kappa shape index (κ3) is 2.78. The Morgan fingerprint density at radius 1 is 0.864 bits per heavy atom. The topological polar surface area (TPSA) is 70.0 Å². The lowest BCUT2D eigenvalue weighted by Gasteiger charge is -2.09. The lowest BCUT2D eigenvalue weighted by atomic mass is 10.1. The van der Waals surface area contributed by atoms with Crippen molar-refractivity contribution in [1.82, 2.24) is 0 Å². The summed E-state index contributed by atoms with van der Waals surface area (Å²) in [5, 5.41) is 10.7. The van der Waals surface area contributed by atoms with Crippen LogP contribution >= 0.6 is 0 Å². The number of sulfonamides is 1. The lowest BCUT2D eigenvalue weighted by Crippen LogP contribution is -2.12. The summed E-state index contributed by atoms with van der Waals surface area (Å²) in [5.74, 6) is 0. The maximum Gasteiger partial charge on any atom is 0.261 e. The van der Waals surface area contributed by atoms with Crippen LogP contribution in [0.4, 0.5) is 5.69 Å². The number of hydrogen-bond acceptors (Lipinski definition) is 3. The highest BCUT2D eigenvalue weighted by Gasteiger charge is 2.14. The molecule has 0 spiro atoms. The zero-order chi connectivity index (χ0) is 15.6. The Morgan fingerprint density at radius 3 is 2.41 bits per heavy atom. The number of benzene rings is 3. The van der Waals surface area contributed by atoms with E-state index >= 15 is 0 Å². The summed E-state index contributed by atoms with van der Waals surface area (Å²) < 4.78 is 27.4. The largest absolute Gasteiger partial charge is 0.280 e. The molecule has 0 unspecified atom stereocenters. The van der Waals surface area contributed by atoms with Crippen molar-refractivity contribution in [3.63, 3.8) is 0 Å². The maximum atomic E-state index is 12.5. The van der Waals surface area contributed by atoms with Gasteiger partial charge in [-0.15, -0.1) is 0 Å². The van der Waals surface area contributed by atoms with Gasteiger partial charge in [0.05, 0.1) is 22.2 Å². The molecular formula is C17H12N2O2S. The molecule has 0 aliphatic heterocycles. The second-order valence-electron chi connectivity index (χ2n) is 4.81. The van der Waals surface area contributed by atoms with Gasteiger partial charge in [-0.2, -0.15) is 5.26 Å². The monoisotopic (exact) mass is 308 g/mol. The normalized spacial score (nSPS) is 11.0. The Hall–Kier alpha value is -2.84. The van der Waals surface area contributed by atoms with E-state index in [4.69, 9.17) is 5.26 Å². The minimum Gasteiger partial charge on any atom is -0.280 e. The number of nitrogens with zero attached hydrogens (tertiary/aromatic N) is 1. The van der Waals surface area contributed by atoms with Crippen LogP contribution in [0.1, 0.15) is 5.56 Å². The first-order valence-corrected chi connectivity index (χ1v) is 8.09. The van der Waals surface area contributed by atoms with Gasteiger partial charge < -0.3 is 0 Å². The molecule has 0 radical (unpaired) electrons. The summed E-state index contributed by atoms with van der Waals surface area (Å²) in [6.45, 7) is 0. The predicted molar refractivity (Wildman–Crippen MR) is 85.9 cm³/mol. The van der Waals surface area contributed by atoms with Crippen LogP contribution in [-0.4, -0.2) is 8.42 Å². The molecular weight excluding hydrogens is 296 g/mol. The molecule has 3 rings (SSSR count). The zero-order valence-electron chi connectivity index (χ0n) is 11.5. The summed E-state index contributed by atoms with van der Waals surface area (Å²) in [5.41, 5.74) is 0.769. The minimum atomic E-state index is -3.69. The fraction of sp³-hybridized carbons (Fsp3) is 0. The number of hydrogen-bond donors (Lipinski definition) is 1. The lowest BCUT2D eigenvalue weighted by molar-refractivity contribution is 0.601. The van der Waals surface area contributed by atoms with Crippen LogP contribution in [0.15, 0.2) is 71.6 Å². The molecule has 0 aliphatic carbocycles. The van der Waals surface area contributed by atoms with Crippen LogP contribution in [0.3, 0.4) is 0 Å². The van der Waals surface area contributed by atoms with E-state index in [9.17, 15) is 8.42 Å². The second-order valence-corrected chi connectivity index (χ2v) is 6.49. The number of nitriles is 1. The van der Waals surface area contributed by atoms with Crippen molar-refractivity contribution in [3.05, 3.63) is 72.3 Å². The van der Waals surface area contributed by atoms with E-state index in [-0.39, 0.29) is 4.90 Å². The van der Waals surface area contributed by atoms with Crippen LogP contribution in [0.2, 0.25) is 0 Å². The molecule has 0 amide bonds. The van der Waals surface area contributed by atoms with Gasteiger partial charge in [-0.05, 0) is 41.1 Å². The van der Waals surface area contributed by atoms with Crippen LogP contribution in [-0.2, 0) is 10.0 Å². The second kappa shape index (κ2) is 5.51. The van der Waals surface area contributed by atoms with E-state index in [1.807, 2.05) is 30.3 Å². The molecule has 0 aromatic heterocycles. The van der Waals surface area contributed by atoms with Crippen molar-refractivity contribution in [2.45, 2.75) is 4.90 Å². The molecule has 22 heavy (non-hydrogen) atoms. The van der Waals surface area contributed by atoms with Gasteiger partial charge in [0.1, 0.15) is 0 Å². The fourth-order valence-electron chi connectivity index (χ4n) is 2.20. The number of nitrogens with one attached hydrogen (secondary N) is 1. The smallest absolute Gasteiger partial charge is 0.261 e. The zero-order valence-corrected chi connectivity index (χ0v) is 12.3. The van der Waals surface area contributed by atoms with E-state index in [1.54, 1.807) is 36.4 Å². The van der Waals surface area contributed by atoms with Gasteiger partial charge >= 0.3 is 0 Å². The number of fused-ring (bicyclic) bond motifs is 1. The Bertz CT molecular complexity index is 989. The van der Waals surface area contributed by atoms with E-state index in [2.05, 4.69) is 4.72 Å². The van der Waals surface area contributed by atoms with E-state index in [0.717, 1.165) is 10.8 Å². The van der Waals surface area contributed by atoms with Crippen molar-refractivity contribution in [2.24, 2.45) is 0 Å². The van der Waals surface area contributed by atoms with Crippen molar-refractivity contribution in [3.8, 4) is 6.07 Å².